The molecule has 4 rings (SSSR count). The molecule has 14 heteroatoms. The van der Waals surface area contributed by atoms with Crippen LogP contribution in [0.25, 0.3) is 11.5 Å². The van der Waals surface area contributed by atoms with Crippen LogP contribution in [0.1, 0.15) is 53.8 Å². The Morgan fingerprint density at radius 3 is 2.35 bits per heavy atom. The van der Waals surface area contributed by atoms with Gasteiger partial charge in [-0.2, -0.15) is 0 Å². The molecular formula is C35H45N7O7. The molecule has 2 aromatic heterocycles. The maximum absolute atomic E-state index is 12.9. The van der Waals surface area contributed by atoms with E-state index in [9.17, 15) is 9.59 Å². The van der Waals surface area contributed by atoms with Crippen molar-refractivity contribution in [1.82, 2.24) is 30.0 Å². The summed E-state index contributed by atoms with van der Waals surface area (Å²) in [5, 5.41) is 23.4. The minimum Gasteiger partial charge on any atom is -0.494 e. The molecule has 0 unspecified atom stereocenters. The largest absolute Gasteiger partial charge is 0.494 e. The smallest absolute Gasteiger partial charge is 0.305 e. The highest BCUT2D eigenvalue weighted by molar-refractivity contribution is 5.95. The molecule has 0 fully saturated rings. The fourth-order valence-corrected chi connectivity index (χ4v) is 4.69. The molecule has 0 atom stereocenters. The number of carbonyl (C=O) groups excluding carboxylic acids is 1. The van der Waals surface area contributed by atoms with Crippen LogP contribution in [0.15, 0.2) is 67.1 Å². The fraction of sp³-hybridized carbons (Fsp3) is 0.429. The van der Waals surface area contributed by atoms with Crippen molar-refractivity contribution >= 4 is 17.6 Å². The number of carbonyl (C=O) groups is 2. The molecule has 3 N–H and O–H groups in total. The summed E-state index contributed by atoms with van der Waals surface area (Å²) in [7, 11) is 1.88. The van der Waals surface area contributed by atoms with Gasteiger partial charge in [0.25, 0.3) is 5.91 Å². The molecule has 1 amide bonds. The molecule has 0 aliphatic rings. The van der Waals surface area contributed by atoms with Gasteiger partial charge in [-0.15, -0.1) is 10.2 Å². The lowest BCUT2D eigenvalue weighted by Crippen LogP contribution is -2.22. The number of rotatable bonds is 24. The molecule has 0 spiro atoms. The monoisotopic (exact) mass is 675 g/mol. The molecule has 0 saturated heterocycles. The molecule has 0 aliphatic heterocycles. The Morgan fingerprint density at radius 2 is 1.57 bits per heavy atom. The van der Waals surface area contributed by atoms with Crippen molar-refractivity contribution in [3.05, 3.63) is 84.1 Å². The summed E-state index contributed by atoms with van der Waals surface area (Å²) < 4.78 is 24.0. The van der Waals surface area contributed by atoms with Crippen molar-refractivity contribution in [2.45, 2.75) is 45.2 Å². The third kappa shape index (κ3) is 13.6. The first kappa shape index (κ1) is 36.9. The molecule has 262 valence electrons. The predicted octanol–water partition coefficient (Wildman–Crippen LogP) is 4.28. The van der Waals surface area contributed by atoms with Crippen molar-refractivity contribution in [1.29, 1.82) is 0 Å². The summed E-state index contributed by atoms with van der Waals surface area (Å²) in [5.74, 6) is 1.12. The van der Waals surface area contributed by atoms with Gasteiger partial charge in [0.2, 0.25) is 0 Å². The normalized spacial score (nSPS) is 11.0. The van der Waals surface area contributed by atoms with Crippen LogP contribution in [0.5, 0.6) is 5.75 Å². The van der Waals surface area contributed by atoms with Crippen LogP contribution < -0.4 is 15.4 Å². The Morgan fingerprint density at radius 1 is 0.816 bits per heavy atom. The van der Waals surface area contributed by atoms with Crippen LogP contribution in [0.3, 0.4) is 0 Å². The van der Waals surface area contributed by atoms with Gasteiger partial charge in [0.05, 0.1) is 52.6 Å². The van der Waals surface area contributed by atoms with E-state index in [1.807, 2.05) is 54.1 Å². The Hall–Kier alpha value is -4.92. The predicted molar refractivity (Wildman–Crippen MR) is 182 cm³/mol. The van der Waals surface area contributed by atoms with Crippen molar-refractivity contribution < 1.29 is 33.6 Å². The van der Waals surface area contributed by atoms with Crippen LogP contribution >= 0.6 is 0 Å². The molecule has 0 aliphatic carbocycles. The van der Waals surface area contributed by atoms with Gasteiger partial charge >= 0.3 is 5.97 Å². The Kier molecular flexibility index (Phi) is 15.9. The van der Waals surface area contributed by atoms with E-state index in [4.69, 9.17) is 24.1 Å². The summed E-state index contributed by atoms with van der Waals surface area (Å²) in [6.45, 7) is 4.13. The number of hydrogen-bond donors (Lipinski definition) is 3. The number of nitrogens with one attached hydrogen (secondary N) is 2. The van der Waals surface area contributed by atoms with Crippen molar-refractivity contribution in [2.75, 3.05) is 51.6 Å². The molecule has 49 heavy (non-hydrogen) atoms. The number of unbranched alkanes of at least 4 members (excludes halogenated alkanes) is 3. The van der Waals surface area contributed by atoms with E-state index in [1.165, 1.54) is 6.33 Å². The maximum Gasteiger partial charge on any atom is 0.305 e. The summed E-state index contributed by atoms with van der Waals surface area (Å²) in [6, 6.07) is 16.9. The minimum absolute atomic E-state index is 0.00249. The molecule has 4 aromatic rings. The number of amides is 1. The summed E-state index contributed by atoms with van der Waals surface area (Å²) in [5.41, 5.74) is 2.99. The zero-order chi connectivity index (χ0) is 34.5. The van der Waals surface area contributed by atoms with E-state index in [0.717, 1.165) is 48.5 Å². The summed E-state index contributed by atoms with van der Waals surface area (Å²) in [6.07, 6.45) is 7.15. The van der Waals surface area contributed by atoms with Crippen LogP contribution in [-0.2, 0) is 39.1 Å². The van der Waals surface area contributed by atoms with Crippen LogP contribution in [0.2, 0.25) is 0 Å². The molecular weight excluding hydrogens is 630 g/mol. The number of benzene rings is 2. The van der Waals surface area contributed by atoms with E-state index in [1.54, 1.807) is 18.3 Å². The van der Waals surface area contributed by atoms with Gasteiger partial charge in [-0.25, -0.2) is 9.97 Å². The van der Waals surface area contributed by atoms with Crippen molar-refractivity contribution in [2.24, 2.45) is 7.05 Å². The maximum atomic E-state index is 12.9. The first-order chi connectivity index (χ1) is 24.0. The highest BCUT2D eigenvalue weighted by atomic mass is 16.5. The molecule has 2 heterocycles. The van der Waals surface area contributed by atoms with E-state index >= 15 is 0 Å². The molecule has 2 aromatic carbocycles. The average Bonchev–Trinajstić information content (AvgIpc) is 3.49. The molecule has 0 bridgehead atoms. The van der Waals surface area contributed by atoms with Gasteiger partial charge in [-0.3, -0.25) is 9.59 Å². The van der Waals surface area contributed by atoms with E-state index in [-0.39, 0.29) is 18.9 Å². The zero-order valence-corrected chi connectivity index (χ0v) is 27.9. The third-order valence-electron chi connectivity index (χ3n) is 7.36. The summed E-state index contributed by atoms with van der Waals surface area (Å²) in [4.78, 5) is 31.5. The van der Waals surface area contributed by atoms with Gasteiger partial charge in [0, 0.05) is 37.6 Å². The molecule has 0 radical (unpaired) electrons. The minimum atomic E-state index is -0.869. The number of ether oxygens (including phenoxy) is 4. The molecule has 14 nitrogen and oxygen atoms in total. The van der Waals surface area contributed by atoms with Crippen LogP contribution in [-0.4, -0.2) is 88.0 Å². The number of aromatic nitrogens is 5. The second kappa shape index (κ2) is 21.1. The lowest BCUT2D eigenvalue weighted by molar-refractivity contribution is -0.138. The average molecular weight is 676 g/mol. The second-order valence-corrected chi connectivity index (χ2v) is 11.1. The Balaban J connectivity index is 1.06. The van der Waals surface area contributed by atoms with Gasteiger partial charge in [-0.05, 0) is 61.2 Å². The van der Waals surface area contributed by atoms with Crippen molar-refractivity contribution in [3.63, 3.8) is 0 Å². The first-order valence-electron chi connectivity index (χ1n) is 16.4. The van der Waals surface area contributed by atoms with E-state index in [0.29, 0.717) is 69.8 Å². The first-order valence-corrected chi connectivity index (χ1v) is 16.4. The number of anilines is 1. The topological polar surface area (TPSA) is 172 Å². The number of carboxylic acids is 1. The van der Waals surface area contributed by atoms with Crippen LogP contribution in [0.4, 0.5) is 5.69 Å². The van der Waals surface area contributed by atoms with Gasteiger partial charge in [-0.1, -0.05) is 24.6 Å². The van der Waals surface area contributed by atoms with E-state index < -0.39 is 5.97 Å². The Bertz CT molecular complexity index is 1570. The Labute approximate surface area is 286 Å². The number of aliphatic carboxylic acids is 1. The standard InChI is InChI=1S/C35H45N7O7/c1-42-32(40-41-34(42)31-12-14-36-26-39-31)25-37-29-10-7-9-28(23-29)35(45)38-24-27-8-6-11-30(22-27)49-16-5-3-2-4-15-46-18-20-48-21-19-47-17-13-33(43)44/h6-12,14,22-23,26,37H,2-5,13,15-21,24-25H2,1H3,(H,38,45)(H,43,44). The zero-order valence-electron chi connectivity index (χ0n) is 27.9. The lowest BCUT2D eigenvalue weighted by Gasteiger charge is -2.11. The van der Waals surface area contributed by atoms with Gasteiger partial charge < -0.3 is 39.3 Å². The highest BCUT2D eigenvalue weighted by Crippen LogP contribution is 2.17. The SMILES string of the molecule is Cn1c(CNc2cccc(C(=O)NCc3cccc(OCCCCCCOCCOCCOCCC(=O)O)c3)c2)nnc1-c1ccncn1. The summed E-state index contributed by atoms with van der Waals surface area (Å²) >= 11 is 0. The lowest BCUT2D eigenvalue weighted by atomic mass is 10.1. The van der Waals surface area contributed by atoms with Crippen molar-refractivity contribution in [3.8, 4) is 17.3 Å². The number of hydrogen-bond acceptors (Lipinski definition) is 11. The fourth-order valence-electron chi connectivity index (χ4n) is 4.69. The second-order valence-electron chi connectivity index (χ2n) is 11.1. The van der Waals surface area contributed by atoms with E-state index in [2.05, 4.69) is 30.8 Å². The third-order valence-corrected chi connectivity index (χ3v) is 7.36. The molecule has 0 saturated carbocycles. The van der Waals surface area contributed by atoms with Gasteiger partial charge in [0.15, 0.2) is 11.6 Å². The number of nitrogens with zero attached hydrogens (tertiary/aromatic N) is 5. The van der Waals surface area contributed by atoms with Gasteiger partial charge in [0.1, 0.15) is 17.8 Å². The number of carboxylic acid groups (broad SMARTS) is 1. The van der Waals surface area contributed by atoms with Crippen LogP contribution in [0, 0.1) is 0 Å². The highest BCUT2D eigenvalue weighted by Gasteiger charge is 2.12. The quantitative estimate of drug-likeness (QED) is 0.0902.